The highest BCUT2D eigenvalue weighted by Gasteiger charge is 2.22. The number of aryl methyl sites for hydroxylation is 1. The number of amides is 3. The number of carbonyl (C=O) groups excluding carboxylic acids is 2. The van der Waals surface area contributed by atoms with E-state index in [4.69, 9.17) is 0 Å². The first kappa shape index (κ1) is 17.0. The Hall–Kier alpha value is -2.82. The monoisotopic (exact) mass is 337 g/mol. The average Bonchev–Trinajstić information content (AvgIpc) is 3.03. The zero-order valence-electron chi connectivity index (χ0n) is 14.6. The van der Waals surface area contributed by atoms with Gasteiger partial charge in [-0.15, -0.1) is 0 Å². The van der Waals surface area contributed by atoms with E-state index in [1.54, 1.807) is 17.0 Å². The van der Waals surface area contributed by atoms with Gasteiger partial charge in [-0.3, -0.25) is 9.69 Å². The van der Waals surface area contributed by atoms with Crippen LogP contribution >= 0.6 is 0 Å². The lowest BCUT2D eigenvalue weighted by Gasteiger charge is -2.17. The lowest BCUT2D eigenvalue weighted by atomic mass is 10.0. The van der Waals surface area contributed by atoms with Gasteiger partial charge in [-0.1, -0.05) is 30.3 Å². The molecule has 1 heterocycles. The van der Waals surface area contributed by atoms with Crippen LogP contribution in [0.5, 0.6) is 0 Å². The largest absolute Gasteiger partial charge is 0.349 e. The molecule has 0 radical (unpaired) electrons. The van der Waals surface area contributed by atoms with Crippen LogP contribution in [0.2, 0.25) is 0 Å². The molecule has 1 fully saturated rings. The first-order chi connectivity index (χ1) is 12.0. The summed E-state index contributed by atoms with van der Waals surface area (Å²) >= 11 is 0. The van der Waals surface area contributed by atoms with Crippen LogP contribution in [0.1, 0.15) is 28.4 Å². The van der Waals surface area contributed by atoms with E-state index in [0.29, 0.717) is 18.7 Å². The highest BCUT2D eigenvalue weighted by molar-refractivity contribution is 5.98. The van der Waals surface area contributed by atoms with Gasteiger partial charge in [0.25, 0.3) is 5.91 Å². The second kappa shape index (κ2) is 7.38. The number of urea groups is 1. The maximum absolute atomic E-state index is 12.5. The van der Waals surface area contributed by atoms with Crippen LogP contribution in [-0.4, -0.2) is 31.1 Å². The van der Waals surface area contributed by atoms with Crippen LogP contribution in [0.3, 0.4) is 0 Å². The Morgan fingerprint density at radius 3 is 2.76 bits per heavy atom. The maximum atomic E-state index is 12.5. The molecule has 1 saturated heterocycles. The summed E-state index contributed by atoms with van der Waals surface area (Å²) in [6.07, 6.45) is 0.784. The van der Waals surface area contributed by atoms with Gasteiger partial charge in [0.15, 0.2) is 0 Å². The number of benzene rings is 2. The lowest BCUT2D eigenvalue weighted by Crippen LogP contribution is -2.34. The minimum atomic E-state index is -0.123. The van der Waals surface area contributed by atoms with Crippen LogP contribution in [0.4, 0.5) is 10.5 Å². The summed E-state index contributed by atoms with van der Waals surface area (Å²) in [5.74, 6) is -0.123. The fraction of sp³-hybridized carbons (Fsp3) is 0.300. The van der Waals surface area contributed by atoms with Crippen LogP contribution in [0.25, 0.3) is 0 Å². The van der Waals surface area contributed by atoms with Crippen molar-refractivity contribution in [2.24, 2.45) is 0 Å². The average molecular weight is 337 g/mol. The Bertz CT molecular complexity index is 788. The molecule has 0 bridgehead atoms. The Balaban J connectivity index is 1.67. The first-order valence-corrected chi connectivity index (χ1v) is 8.55. The molecule has 0 unspecified atom stereocenters. The molecule has 2 N–H and O–H groups in total. The predicted octanol–water partition coefficient (Wildman–Crippen LogP) is 2.89. The predicted molar refractivity (Wildman–Crippen MR) is 99.0 cm³/mol. The van der Waals surface area contributed by atoms with Crippen molar-refractivity contribution in [1.82, 2.24) is 10.6 Å². The zero-order chi connectivity index (χ0) is 17.8. The van der Waals surface area contributed by atoms with Gasteiger partial charge in [0.05, 0.1) is 0 Å². The van der Waals surface area contributed by atoms with Crippen molar-refractivity contribution in [2.75, 3.05) is 18.0 Å². The minimum absolute atomic E-state index is 0.0207. The summed E-state index contributed by atoms with van der Waals surface area (Å²) in [6, 6.07) is 15.3. The molecule has 130 valence electrons. The van der Waals surface area contributed by atoms with Gasteiger partial charge in [-0.25, -0.2) is 4.79 Å². The molecular weight excluding hydrogens is 314 g/mol. The highest BCUT2D eigenvalue weighted by Crippen LogP contribution is 2.18. The van der Waals surface area contributed by atoms with Crippen molar-refractivity contribution < 1.29 is 9.59 Å². The standard InChI is InChI=1S/C20H23N3O2/c1-14-6-3-4-7-16(14)12-15(2)22-19(24)17-8-5-9-18(13-17)23-11-10-21-20(23)25/h3-9,13,15H,10-12H2,1-2H3,(H,21,25)(H,22,24)/t15-/m1/s1. The summed E-state index contributed by atoms with van der Waals surface area (Å²) in [5, 5.41) is 5.81. The molecule has 1 atom stereocenters. The summed E-state index contributed by atoms with van der Waals surface area (Å²) in [4.78, 5) is 26.0. The zero-order valence-corrected chi connectivity index (χ0v) is 14.6. The van der Waals surface area contributed by atoms with Crippen molar-refractivity contribution in [2.45, 2.75) is 26.3 Å². The minimum Gasteiger partial charge on any atom is -0.349 e. The fourth-order valence-electron chi connectivity index (χ4n) is 3.06. The highest BCUT2D eigenvalue weighted by atomic mass is 16.2. The quantitative estimate of drug-likeness (QED) is 0.881. The first-order valence-electron chi connectivity index (χ1n) is 8.55. The number of rotatable bonds is 5. The summed E-state index contributed by atoms with van der Waals surface area (Å²) in [7, 11) is 0. The summed E-state index contributed by atoms with van der Waals surface area (Å²) in [5.41, 5.74) is 3.77. The van der Waals surface area contributed by atoms with E-state index in [1.807, 2.05) is 31.2 Å². The number of anilines is 1. The van der Waals surface area contributed by atoms with E-state index in [2.05, 4.69) is 29.7 Å². The molecule has 2 aromatic rings. The maximum Gasteiger partial charge on any atom is 0.321 e. The number of carbonyl (C=O) groups is 2. The Morgan fingerprint density at radius 1 is 1.24 bits per heavy atom. The summed E-state index contributed by atoms with van der Waals surface area (Å²) < 4.78 is 0. The smallest absolute Gasteiger partial charge is 0.321 e. The molecule has 3 amide bonds. The topological polar surface area (TPSA) is 61.4 Å². The lowest BCUT2D eigenvalue weighted by molar-refractivity contribution is 0.0940. The van der Waals surface area contributed by atoms with E-state index < -0.39 is 0 Å². The second-order valence-electron chi connectivity index (χ2n) is 6.44. The summed E-state index contributed by atoms with van der Waals surface area (Å²) in [6.45, 7) is 5.33. The molecule has 0 aromatic heterocycles. The van der Waals surface area contributed by atoms with Crippen molar-refractivity contribution in [3.63, 3.8) is 0 Å². The molecule has 0 saturated carbocycles. The third kappa shape index (κ3) is 3.99. The van der Waals surface area contributed by atoms with Gasteiger partial charge < -0.3 is 10.6 Å². The number of nitrogens with zero attached hydrogens (tertiary/aromatic N) is 1. The molecule has 3 rings (SSSR count). The molecule has 0 spiro atoms. The molecule has 1 aliphatic heterocycles. The SMILES string of the molecule is Cc1ccccc1C[C@@H](C)NC(=O)c1cccc(N2CCNC2=O)c1. The van der Waals surface area contributed by atoms with Gasteiger partial charge >= 0.3 is 6.03 Å². The third-order valence-corrected chi connectivity index (χ3v) is 4.44. The molecule has 5 nitrogen and oxygen atoms in total. The van der Waals surface area contributed by atoms with Crippen LogP contribution < -0.4 is 15.5 Å². The number of hydrogen-bond donors (Lipinski definition) is 2. The van der Waals surface area contributed by atoms with Gasteiger partial charge in [-0.05, 0) is 49.6 Å². The van der Waals surface area contributed by atoms with Gasteiger partial charge in [0, 0.05) is 30.4 Å². The second-order valence-corrected chi connectivity index (χ2v) is 6.44. The van der Waals surface area contributed by atoms with Gasteiger partial charge in [0.1, 0.15) is 0 Å². The number of nitrogens with one attached hydrogen (secondary N) is 2. The van der Waals surface area contributed by atoms with Crippen LogP contribution in [0.15, 0.2) is 48.5 Å². The molecule has 25 heavy (non-hydrogen) atoms. The van der Waals surface area contributed by atoms with E-state index >= 15 is 0 Å². The fourth-order valence-corrected chi connectivity index (χ4v) is 3.06. The van der Waals surface area contributed by atoms with E-state index in [0.717, 1.165) is 12.1 Å². The van der Waals surface area contributed by atoms with E-state index in [-0.39, 0.29) is 18.0 Å². The van der Waals surface area contributed by atoms with E-state index in [1.165, 1.54) is 11.1 Å². The third-order valence-electron chi connectivity index (χ3n) is 4.44. The van der Waals surface area contributed by atoms with Crippen LogP contribution in [0, 0.1) is 6.92 Å². The van der Waals surface area contributed by atoms with Crippen molar-refractivity contribution >= 4 is 17.6 Å². The van der Waals surface area contributed by atoms with Crippen LogP contribution in [-0.2, 0) is 6.42 Å². The van der Waals surface area contributed by atoms with E-state index in [9.17, 15) is 9.59 Å². The van der Waals surface area contributed by atoms with Crippen molar-refractivity contribution in [1.29, 1.82) is 0 Å². The molecule has 1 aliphatic rings. The molecule has 2 aromatic carbocycles. The normalized spacial score (nSPS) is 15.0. The van der Waals surface area contributed by atoms with Crippen molar-refractivity contribution in [3.8, 4) is 0 Å². The van der Waals surface area contributed by atoms with Gasteiger partial charge in [-0.2, -0.15) is 0 Å². The van der Waals surface area contributed by atoms with Crippen molar-refractivity contribution in [3.05, 3.63) is 65.2 Å². The Morgan fingerprint density at radius 2 is 2.04 bits per heavy atom. The molecule has 0 aliphatic carbocycles. The Kier molecular flexibility index (Phi) is 5.03. The molecular formula is C20H23N3O2. The van der Waals surface area contributed by atoms with Gasteiger partial charge in [0.2, 0.25) is 0 Å². The Labute approximate surface area is 148 Å². The molecule has 5 heteroatoms. The number of hydrogen-bond acceptors (Lipinski definition) is 2.